The number of hydrogen-bond acceptors (Lipinski definition) is 5. The lowest BCUT2D eigenvalue weighted by Gasteiger charge is -2.33. The summed E-state index contributed by atoms with van der Waals surface area (Å²) in [6.45, 7) is 6.08. The van der Waals surface area contributed by atoms with Crippen LogP contribution in [0.25, 0.3) is 0 Å². The molecule has 2 heterocycles. The summed E-state index contributed by atoms with van der Waals surface area (Å²) >= 11 is 0. The average Bonchev–Trinajstić information content (AvgIpc) is 2.70. The van der Waals surface area contributed by atoms with Crippen molar-refractivity contribution in [1.82, 2.24) is 20.4 Å². The summed E-state index contributed by atoms with van der Waals surface area (Å²) in [7, 11) is -1.01. The second-order valence-corrected chi connectivity index (χ2v) is 9.98. The maximum atomic E-state index is 11.5. The highest BCUT2D eigenvalue weighted by atomic mass is 127. The minimum atomic E-state index is -2.81. The van der Waals surface area contributed by atoms with Crippen LogP contribution in [0.1, 0.15) is 18.4 Å². The molecular weight excluding hydrogens is 501 g/mol. The lowest BCUT2D eigenvalue weighted by Crippen LogP contribution is -2.50. The van der Waals surface area contributed by atoms with Gasteiger partial charge in [-0.3, -0.25) is 14.8 Å². The van der Waals surface area contributed by atoms with E-state index in [9.17, 15) is 8.42 Å². The van der Waals surface area contributed by atoms with Crippen LogP contribution in [0, 0.1) is 0 Å². The van der Waals surface area contributed by atoms with Gasteiger partial charge in [-0.25, -0.2) is 8.42 Å². The fourth-order valence-corrected chi connectivity index (χ4v) is 5.05. The molecule has 1 aromatic carbocycles. The number of likely N-dealkylation sites (tertiary alicyclic amines) is 1. The fraction of sp³-hybridized carbons (Fsp3) is 0.650. The molecule has 1 aromatic rings. The summed E-state index contributed by atoms with van der Waals surface area (Å²) in [6.07, 6.45) is 2.22. The van der Waals surface area contributed by atoms with Crippen LogP contribution in [-0.4, -0.2) is 88.0 Å². The predicted molar refractivity (Wildman–Crippen MR) is 130 cm³/mol. The van der Waals surface area contributed by atoms with Crippen molar-refractivity contribution in [2.75, 3.05) is 57.8 Å². The van der Waals surface area contributed by atoms with Gasteiger partial charge in [0, 0.05) is 58.9 Å². The number of guanidine groups is 1. The predicted octanol–water partition coefficient (Wildman–Crippen LogP) is 1.16. The van der Waals surface area contributed by atoms with Crippen molar-refractivity contribution in [2.24, 2.45) is 4.99 Å². The first-order chi connectivity index (χ1) is 13.5. The van der Waals surface area contributed by atoms with E-state index in [0.29, 0.717) is 19.1 Å². The monoisotopic (exact) mass is 535 g/mol. The molecule has 0 bridgehead atoms. The molecule has 7 nitrogen and oxygen atoms in total. The highest BCUT2D eigenvalue weighted by Gasteiger charge is 2.22. The van der Waals surface area contributed by atoms with E-state index >= 15 is 0 Å². The molecule has 9 heteroatoms. The number of aliphatic imine (C=N–C) groups is 1. The topological polar surface area (TPSA) is 77.0 Å². The summed E-state index contributed by atoms with van der Waals surface area (Å²) < 4.78 is 23.0. The van der Waals surface area contributed by atoms with Gasteiger partial charge in [-0.2, -0.15) is 0 Å². The van der Waals surface area contributed by atoms with Crippen LogP contribution in [-0.2, 0) is 16.4 Å². The van der Waals surface area contributed by atoms with Crippen LogP contribution < -0.4 is 10.6 Å². The lowest BCUT2D eigenvalue weighted by molar-refractivity contribution is 0.198. The Kier molecular flexibility index (Phi) is 10.1. The Hall–Kier alpha value is -0.910. The molecule has 3 rings (SSSR count). The van der Waals surface area contributed by atoms with Crippen molar-refractivity contribution in [1.29, 1.82) is 0 Å². The van der Waals surface area contributed by atoms with Crippen LogP contribution in [0.2, 0.25) is 0 Å². The van der Waals surface area contributed by atoms with E-state index in [0.717, 1.165) is 51.5 Å². The summed E-state index contributed by atoms with van der Waals surface area (Å²) in [5.74, 6) is 1.40. The third-order valence-corrected chi connectivity index (χ3v) is 7.17. The van der Waals surface area contributed by atoms with Gasteiger partial charge >= 0.3 is 0 Å². The molecule has 2 saturated heterocycles. The first-order valence-corrected chi connectivity index (χ1v) is 12.0. The number of halogens is 1. The molecule has 0 saturated carbocycles. The van der Waals surface area contributed by atoms with Crippen LogP contribution in [0.4, 0.5) is 0 Å². The van der Waals surface area contributed by atoms with E-state index in [1.807, 2.05) is 0 Å². The molecule has 0 amide bonds. The Morgan fingerprint density at radius 3 is 2.34 bits per heavy atom. The smallest absolute Gasteiger partial charge is 0.191 e. The average molecular weight is 535 g/mol. The van der Waals surface area contributed by atoms with Crippen molar-refractivity contribution in [3.63, 3.8) is 0 Å². The van der Waals surface area contributed by atoms with E-state index in [1.54, 1.807) is 7.05 Å². The van der Waals surface area contributed by atoms with Gasteiger partial charge in [0.25, 0.3) is 0 Å². The largest absolute Gasteiger partial charge is 0.355 e. The van der Waals surface area contributed by atoms with Crippen molar-refractivity contribution in [3.05, 3.63) is 35.9 Å². The van der Waals surface area contributed by atoms with E-state index in [4.69, 9.17) is 0 Å². The van der Waals surface area contributed by atoms with E-state index in [-0.39, 0.29) is 35.5 Å². The van der Waals surface area contributed by atoms with E-state index in [1.165, 1.54) is 5.56 Å². The zero-order chi connectivity index (χ0) is 19.8. The molecular formula is C20H34IN5O2S. The van der Waals surface area contributed by atoms with Gasteiger partial charge in [-0.15, -0.1) is 24.0 Å². The first kappa shape index (κ1) is 24.4. The van der Waals surface area contributed by atoms with Crippen molar-refractivity contribution in [3.8, 4) is 0 Å². The molecule has 164 valence electrons. The molecule has 0 radical (unpaired) electrons. The molecule has 0 aliphatic carbocycles. The lowest BCUT2D eigenvalue weighted by atomic mass is 10.0. The SMILES string of the molecule is CN=C(NCCN1CCS(=O)(=O)CC1)NC1CCN(Cc2ccccc2)CC1.I. The third-order valence-electron chi connectivity index (χ3n) is 5.56. The van der Waals surface area contributed by atoms with Gasteiger partial charge in [0.15, 0.2) is 15.8 Å². The Morgan fingerprint density at radius 1 is 1.07 bits per heavy atom. The molecule has 2 aliphatic heterocycles. The second-order valence-electron chi connectivity index (χ2n) is 7.67. The number of nitrogens with zero attached hydrogens (tertiary/aromatic N) is 3. The standard InChI is InChI=1S/C20H33N5O2S.HI/c1-21-20(22-9-12-24-13-15-28(26,27)16-14-24)23-19-7-10-25(11-8-19)17-18-5-3-2-4-6-18;/h2-6,19H,7-17H2,1H3,(H2,21,22,23);1H. The van der Waals surface area contributed by atoms with E-state index < -0.39 is 9.84 Å². The summed E-state index contributed by atoms with van der Waals surface area (Å²) in [6, 6.07) is 11.1. The van der Waals surface area contributed by atoms with Gasteiger partial charge in [-0.1, -0.05) is 30.3 Å². The first-order valence-electron chi connectivity index (χ1n) is 10.2. The maximum Gasteiger partial charge on any atom is 0.191 e. The van der Waals surface area contributed by atoms with Gasteiger partial charge in [0.05, 0.1) is 11.5 Å². The second kappa shape index (κ2) is 12.1. The number of benzene rings is 1. The normalized spacial score (nSPS) is 21.3. The van der Waals surface area contributed by atoms with Crippen LogP contribution in [0.3, 0.4) is 0 Å². The zero-order valence-corrected chi connectivity index (χ0v) is 20.4. The quantitative estimate of drug-likeness (QED) is 0.324. The Morgan fingerprint density at radius 2 is 1.72 bits per heavy atom. The van der Waals surface area contributed by atoms with Crippen molar-refractivity contribution < 1.29 is 8.42 Å². The molecule has 2 N–H and O–H groups in total. The molecule has 0 aromatic heterocycles. The maximum absolute atomic E-state index is 11.5. The highest BCUT2D eigenvalue weighted by Crippen LogP contribution is 2.13. The molecule has 0 atom stereocenters. The number of sulfone groups is 1. The number of rotatable bonds is 6. The number of piperidine rings is 1. The fourth-order valence-electron chi connectivity index (χ4n) is 3.77. The highest BCUT2D eigenvalue weighted by molar-refractivity contribution is 14.0. The van der Waals surface area contributed by atoms with Gasteiger partial charge < -0.3 is 10.6 Å². The third kappa shape index (κ3) is 8.39. The molecule has 0 unspecified atom stereocenters. The van der Waals surface area contributed by atoms with Gasteiger partial charge in [0.2, 0.25) is 0 Å². The minimum Gasteiger partial charge on any atom is -0.355 e. The van der Waals surface area contributed by atoms with Gasteiger partial charge in [0.1, 0.15) is 0 Å². The summed E-state index contributed by atoms with van der Waals surface area (Å²) in [5, 5.41) is 6.91. The number of hydrogen-bond donors (Lipinski definition) is 2. The van der Waals surface area contributed by atoms with Crippen LogP contribution >= 0.6 is 24.0 Å². The Labute approximate surface area is 192 Å². The van der Waals surface area contributed by atoms with Crippen molar-refractivity contribution >= 4 is 39.8 Å². The summed E-state index contributed by atoms with van der Waals surface area (Å²) in [5.41, 5.74) is 1.37. The Balaban J connectivity index is 0.00000300. The summed E-state index contributed by atoms with van der Waals surface area (Å²) in [4.78, 5) is 9.05. The van der Waals surface area contributed by atoms with Crippen LogP contribution in [0.5, 0.6) is 0 Å². The van der Waals surface area contributed by atoms with E-state index in [2.05, 4.69) is 55.8 Å². The van der Waals surface area contributed by atoms with Gasteiger partial charge in [-0.05, 0) is 18.4 Å². The Bertz CT molecular complexity index is 722. The molecule has 29 heavy (non-hydrogen) atoms. The zero-order valence-electron chi connectivity index (χ0n) is 17.2. The number of nitrogens with one attached hydrogen (secondary N) is 2. The molecule has 2 fully saturated rings. The molecule has 0 spiro atoms. The molecule has 2 aliphatic rings. The minimum absolute atomic E-state index is 0. The van der Waals surface area contributed by atoms with Crippen LogP contribution in [0.15, 0.2) is 35.3 Å². The van der Waals surface area contributed by atoms with Crippen molar-refractivity contribution in [2.45, 2.75) is 25.4 Å².